The summed E-state index contributed by atoms with van der Waals surface area (Å²) in [7, 11) is 0. The van der Waals surface area contributed by atoms with Crippen LogP contribution in [0.15, 0.2) is 54.6 Å². The lowest BCUT2D eigenvalue weighted by molar-refractivity contribution is 0.0558. The summed E-state index contributed by atoms with van der Waals surface area (Å²) in [5.41, 5.74) is 1.53. The molecular formula is C22H18FN3O4. The van der Waals surface area contributed by atoms with Crippen LogP contribution in [-0.4, -0.2) is 55.1 Å². The second-order valence-electron chi connectivity index (χ2n) is 7.39. The Morgan fingerprint density at radius 3 is 2.27 bits per heavy atom. The quantitative estimate of drug-likeness (QED) is 0.576. The van der Waals surface area contributed by atoms with Crippen LogP contribution in [0.2, 0.25) is 0 Å². The maximum absolute atomic E-state index is 14.6. The third-order valence-corrected chi connectivity index (χ3v) is 5.54. The highest BCUT2D eigenvalue weighted by Crippen LogP contribution is 2.30. The van der Waals surface area contributed by atoms with Crippen molar-refractivity contribution in [3.05, 3.63) is 71.6 Å². The SMILES string of the molecule is O=C1c2ccccc2C(=O)N1C[C@H]1CN(c2ccc(N3CC=CC3)c(F)c2)C(=O)O1. The first-order valence-electron chi connectivity index (χ1n) is 9.66. The third kappa shape index (κ3) is 2.92. The number of benzene rings is 2. The summed E-state index contributed by atoms with van der Waals surface area (Å²) in [6, 6.07) is 11.2. The van der Waals surface area contributed by atoms with Gasteiger partial charge in [-0.25, -0.2) is 9.18 Å². The molecule has 0 saturated carbocycles. The second kappa shape index (κ2) is 6.98. The summed E-state index contributed by atoms with van der Waals surface area (Å²) in [6.07, 6.45) is 2.61. The van der Waals surface area contributed by atoms with Gasteiger partial charge in [-0.2, -0.15) is 0 Å². The van der Waals surface area contributed by atoms with E-state index in [9.17, 15) is 18.8 Å². The molecule has 0 N–H and O–H groups in total. The highest BCUT2D eigenvalue weighted by molar-refractivity contribution is 6.21. The standard InChI is InChI=1S/C22H18FN3O4/c23-18-11-14(7-8-19(18)24-9-3-4-10-24)25-12-15(30-22(25)29)13-26-20(27)16-5-1-2-6-17(16)21(26)28/h1-8,11,15H,9-10,12-13H2/t15-/m1/s1. The van der Waals surface area contributed by atoms with Gasteiger partial charge >= 0.3 is 6.09 Å². The normalized spacial score (nSPS) is 20.4. The molecule has 0 spiro atoms. The van der Waals surface area contributed by atoms with Crippen molar-refractivity contribution in [2.45, 2.75) is 6.10 Å². The molecule has 8 heteroatoms. The van der Waals surface area contributed by atoms with Crippen LogP contribution in [0.3, 0.4) is 0 Å². The molecule has 0 aromatic heterocycles. The molecule has 5 rings (SSSR count). The van der Waals surface area contributed by atoms with Gasteiger partial charge in [0.05, 0.1) is 35.6 Å². The van der Waals surface area contributed by atoms with Crippen LogP contribution >= 0.6 is 0 Å². The number of rotatable bonds is 4. The van der Waals surface area contributed by atoms with Gasteiger partial charge in [-0.15, -0.1) is 0 Å². The topological polar surface area (TPSA) is 70.2 Å². The van der Waals surface area contributed by atoms with E-state index in [-0.39, 0.29) is 13.1 Å². The fourth-order valence-corrected chi connectivity index (χ4v) is 4.03. The van der Waals surface area contributed by atoms with Crippen LogP contribution in [0, 0.1) is 5.82 Å². The van der Waals surface area contributed by atoms with Crippen molar-refractivity contribution in [3.63, 3.8) is 0 Å². The minimum absolute atomic E-state index is 0.0470. The first kappa shape index (κ1) is 18.4. The summed E-state index contributed by atoms with van der Waals surface area (Å²) in [4.78, 5) is 41.7. The van der Waals surface area contributed by atoms with E-state index in [1.807, 2.05) is 17.1 Å². The van der Waals surface area contributed by atoms with Gasteiger partial charge in [0.25, 0.3) is 11.8 Å². The number of nitrogens with zero attached hydrogens (tertiary/aromatic N) is 3. The fraction of sp³-hybridized carbons (Fsp3) is 0.227. The van der Waals surface area contributed by atoms with Crippen molar-refractivity contribution >= 4 is 29.3 Å². The first-order chi connectivity index (χ1) is 14.5. The lowest BCUT2D eigenvalue weighted by atomic mass is 10.1. The lowest BCUT2D eigenvalue weighted by Crippen LogP contribution is -2.38. The summed E-state index contributed by atoms with van der Waals surface area (Å²) in [6.45, 7) is 1.36. The van der Waals surface area contributed by atoms with E-state index < -0.39 is 29.8 Å². The number of hydrogen-bond donors (Lipinski definition) is 0. The Hall–Kier alpha value is -3.68. The fourth-order valence-electron chi connectivity index (χ4n) is 4.03. The van der Waals surface area contributed by atoms with Crippen molar-refractivity contribution in [3.8, 4) is 0 Å². The average Bonchev–Trinajstić information content (AvgIpc) is 3.45. The summed E-state index contributed by atoms with van der Waals surface area (Å²) in [5.74, 6) is -1.23. The van der Waals surface area contributed by atoms with E-state index in [1.165, 1.54) is 11.0 Å². The smallest absolute Gasteiger partial charge is 0.414 e. The van der Waals surface area contributed by atoms with Crippen molar-refractivity contribution in [1.29, 1.82) is 0 Å². The van der Waals surface area contributed by atoms with E-state index in [1.54, 1.807) is 36.4 Å². The van der Waals surface area contributed by atoms with Crippen molar-refractivity contribution < 1.29 is 23.5 Å². The Kier molecular flexibility index (Phi) is 4.27. The molecule has 3 heterocycles. The van der Waals surface area contributed by atoms with Gasteiger partial charge in [0.15, 0.2) is 0 Å². The molecule has 0 radical (unpaired) electrons. The number of halogens is 1. The Balaban J connectivity index is 1.30. The third-order valence-electron chi connectivity index (χ3n) is 5.54. The monoisotopic (exact) mass is 407 g/mol. The molecule has 2 aromatic carbocycles. The molecule has 0 bridgehead atoms. The van der Waals surface area contributed by atoms with Gasteiger partial charge in [0, 0.05) is 13.1 Å². The number of imide groups is 1. The van der Waals surface area contributed by atoms with E-state index in [0.29, 0.717) is 35.6 Å². The second-order valence-corrected chi connectivity index (χ2v) is 7.39. The summed E-state index contributed by atoms with van der Waals surface area (Å²) in [5, 5.41) is 0. The molecule has 1 fully saturated rings. The predicted molar refractivity (Wildman–Crippen MR) is 107 cm³/mol. The van der Waals surface area contributed by atoms with Gasteiger partial charge in [-0.1, -0.05) is 24.3 Å². The highest BCUT2D eigenvalue weighted by atomic mass is 19.1. The molecule has 3 aliphatic heterocycles. The molecule has 0 unspecified atom stereocenters. The van der Waals surface area contributed by atoms with Crippen molar-refractivity contribution in [2.75, 3.05) is 36.0 Å². The van der Waals surface area contributed by atoms with Crippen LogP contribution in [0.4, 0.5) is 20.6 Å². The zero-order valence-corrected chi connectivity index (χ0v) is 16.0. The minimum atomic E-state index is -0.690. The Bertz CT molecular complexity index is 1060. The van der Waals surface area contributed by atoms with E-state index in [0.717, 1.165) is 4.90 Å². The van der Waals surface area contributed by atoms with Crippen molar-refractivity contribution in [2.24, 2.45) is 0 Å². The van der Waals surface area contributed by atoms with E-state index in [2.05, 4.69) is 0 Å². The Morgan fingerprint density at radius 1 is 0.967 bits per heavy atom. The molecule has 2 aromatic rings. The largest absolute Gasteiger partial charge is 0.442 e. The molecule has 30 heavy (non-hydrogen) atoms. The predicted octanol–water partition coefficient (Wildman–Crippen LogP) is 2.82. The van der Waals surface area contributed by atoms with Gasteiger partial charge in [-0.3, -0.25) is 19.4 Å². The molecule has 1 saturated heterocycles. The highest BCUT2D eigenvalue weighted by Gasteiger charge is 2.40. The number of hydrogen-bond acceptors (Lipinski definition) is 5. The van der Waals surface area contributed by atoms with Gasteiger partial charge < -0.3 is 9.64 Å². The molecule has 0 aliphatic carbocycles. The lowest BCUT2D eigenvalue weighted by Gasteiger charge is -2.20. The number of ether oxygens (including phenoxy) is 1. The molecule has 3 aliphatic rings. The van der Waals surface area contributed by atoms with Crippen LogP contribution in [0.1, 0.15) is 20.7 Å². The van der Waals surface area contributed by atoms with Crippen LogP contribution < -0.4 is 9.80 Å². The van der Waals surface area contributed by atoms with E-state index >= 15 is 0 Å². The molecule has 7 nitrogen and oxygen atoms in total. The molecule has 3 amide bonds. The Morgan fingerprint density at radius 2 is 1.63 bits per heavy atom. The first-order valence-corrected chi connectivity index (χ1v) is 9.66. The summed E-state index contributed by atoms with van der Waals surface area (Å²) >= 11 is 0. The number of fused-ring (bicyclic) bond motifs is 1. The number of cyclic esters (lactones) is 1. The number of amides is 3. The van der Waals surface area contributed by atoms with Crippen LogP contribution in [0.5, 0.6) is 0 Å². The number of anilines is 2. The van der Waals surface area contributed by atoms with Crippen LogP contribution in [-0.2, 0) is 4.74 Å². The molecule has 1 atom stereocenters. The molecular weight excluding hydrogens is 389 g/mol. The minimum Gasteiger partial charge on any atom is -0.442 e. The van der Waals surface area contributed by atoms with E-state index in [4.69, 9.17) is 4.74 Å². The maximum atomic E-state index is 14.6. The van der Waals surface area contributed by atoms with Gasteiger partial charge in [-0.05, 0) is 30.3 Å². The van der Waals surface area contributed by atoms with Gasteiger partial charge in [0.2, 0.25) is 0 Å². The zero-order chi connectivity index (χ0) is 20.8. The Labute approximate surface area is 171 Å². The zero-order valence-electron chi connectivity index (χ0n) is 16.0. The van der Waals surface area contributed by atoms with Crippen LogP contribution in [0.25, 0.3) is 0 Å². The molecule has 152 valence electrons. The maximum Gasteiger partial charge on any atom is 0.414 e. The van der Waals surface area contributed by atoms with Crippen molar-refractivity contribution in [1.82, 2.24) is 4.90 Å². The number of carbonyl (C=O) groups excluding carboxylic acids is 3. The number of carbonyl (C=O) groups is 3. The summed E-state index contributed by atoms with van der Waals surface area (Å²) < 4.78 is 20.0. The van der Waals surface area contributed by atoms with Gasteiger partial charge in [0.1, 0.15) is 11.9 Å². The average molecular weight is 407 g/mol.